The Labute approximate surface area is 130 Å². The van der Waals surface area contributed by atoms with Crippen LogP contribution in [-0.2, 0) is 0 Å². The monoisotopic (exact) mass is 327 g/mol. The molecule has 0 saturated carbocycles. The maximum Gasteiger partial charge on any atom is 0.329 e. The van der Waals surface area contributed by atoms with Gasteiger partial charge in [0, 0.05) is 10.0 Å². The van der Waals surface area contributed by atoms with Crippen molar-refractivity contribution < 1.29 is 4.92 Å². The minimum atomic E-state index is -0.585. The van der Waals surface area contributed by atoms with E-state index >= 15 is 0 Å². The van der Waals surface area contributed by atoms with E-state index in [-0.39, 0.29) is 23.5 Å². The molecule has 2 aromatic rings. The predicted molar refractivity (Wildman–Crippen MR) is 81.6 cm³/mol. The van der Waals surface area contributed by atoms with Crippen LogP contribution in [-0.4, -0.2) is 14.9 Å². The molecule has 21 heavy (non-hydrogen) atoms. The summed E-state index contributed by atoms with van der Waals surface area (Å²) in [6.07, 6.45) is 1.06. The molecule has 9 heteroatoms. The second-order valence-corrected chi connectivity index (χ2v) is 5.09. The van der Waals surface area contributed by atoms with Crippen LogP contribution in [0, 0.1) is 10.1 Å². The lowest BCUT2D eigenvalue weighted by atomic mass is 10.1. The molecule has 0 saturated heterocycles. The number of nitrogens with one attached hydrogen (secondary N) is 1. The molecule has 0 aliphatic rings. The third-order valence-electron chi connectivity index (χ3n) is 2.77. The van der Waals surface area contributed by atoms with Crippen LogP contribution in [0.25, 0.3) is 0 Å². The highest BCUT2D eigenvalue weighted by atomic mass is 35.5. The molecule has 0 radical (unpaired) electrons. The van der Waals surface area contributed by atoms with Crippen LogP contribution in [0.2, 0.25) is 10.0 Å². The summed E-state index contributed by atoms with van der Waals surface area (Å²) in [4.78, 5) is 17.8. The molecule has 1 unspecified atom stereocenters. The fraction of sp³-hybridized carbons (Fsp3) is 0.167. The van der Waals surface area contributed by atoms with E-state index in [1.807, 2.05) is 0 Å². The third kappa shape index (κ3) is 3.50. The molecule has 3 N–H and O–H groups in total. The Hall–Kier alpha value is -2.12. The summed E-state index contributed by atoms with van der Waals surface area (Å²) < 4.78 is 0. The normalized spacial score (nSPS) is 12.0. The zero-order chi connectivity index (χ0) is 15.6. The molecule has 2 rings (SSSR count). The lowest BCUT2D eigenvalue weighted by Crippen LogP contribution is -2.12. The minimum absolute atomic E-state index is 0.0333. The number of nitrogens with two attached hydrogens (primary N) is 1. The maximum absolute atomic E-state index is 11.0. The van der Waals surface area contributed by atoms with Gasteiger partial charge < -0.3 is 11.1 Å². The molecule has 0 amide bonds. The van der Waals surface area contributed by atoms with E-state index in [9.17, 15) is 10.1 Å². The Morgan fingerprint density at radius 3 is 2.76 bits per heavy atom. The molecule has 0 spiro atoms. The summed E-state index contributed by atoms with van der Waals surface area (Å²) in [5.74, 6) is -0.0245. The summed E-state index contributed by atoms with van der Waals surface area (Å²) in [5.41, 5.74) is 5.93. The number of hydrogen-bond donors (Lipinski definition) is 2. The van der Waals surface area contributed by atoms with Gasteiger partial charge in [-0.15, -0.1) is 0 Å². The number of hydrogen-bond acceptors (Lipinski definition) is 6. The van der Waals surface area contributed by atoms with Gasteiger partial charge in [0.05, 0.1) is 11.0 Å². The van der Waals surface area contributed by atoms with Crippen molar-refractivity contribution in [2.24, 2.45) is 0 Å². The van der Waals surface area contributed by atoms with E-state index in [1.54, 1.807) is 25.1 Å². The van der Waals surface area contributed by atoms with E-state index in [1.165, 1.54) is 0 Å². The molecule has 1 aromatic heterocycles. The number of anilines is 2. The number of benzene rings is 1. The van der Waals surface area contributed by atoms with Gasteiger partial charge in [0.15, 0.2) is 0 Å². The highest BCUT2D eigenvalue weighted by molar-refractivity contribution is 6.35. The van der Waals surface area contributed by atoms with Crippen molar-refractivity contribution in [1.82, 2.24) is 9.97 Å². The van der Waals surface area contributed by atoms with Crippen LogP contribution in [0.4, 0.5) is 17.5 Å². The number of halogens is 2. The van der Waals surface area contributed by atoms with Crippen LogP contribution in [0.15, 0.2) is 24.4 Å². The highest BCUT2D eigenvalue weighted by Gasteiger charge is 2.20. The van der Waals surface area contributed by atoms with Gasteiger partial charge in [-0.25, -0.2) is 4.98 Å². The van der Waals surface area contributed by atoms with Crippen molar-refractivity contribution in [1.29, 1.82) is 0 Å². The van der Waals surface area contributed by atoms with Crippen molar-refractivity contribution in [3.05, 3.63) is 50.1 Å². The zero-order valence-electron chi connectivity index (χ0n) is 10.9. The highest BCUT2D eigenvalue weighted by Crippen LogP contribution is 2.30. The van der Waals surface area contributed by atoms with Gasteiger partial charge in [-0.1, -0.05) is 29.3 Å². The van der Waals surface area contributed by atoms with Crippen molar-refractivity contribution in [2.75, 3.05) is 11.1 Å². The Morgan fingerprint density at radius 1 is 1.43 bits per heavy atom. The molecule has 1 aromatic carbocycles. The number of aromatic nitrogens is 2. The van der Waals surface area contributed by atoms with Gasteiger partial charge in [-0.05, 0) is 24.6 Å². The lowest BCUT2D eigenvalue weighted by molar-refractivity contribution is -0.384. The number of nitrogen functional groups attached to an aromatic ring is 1. The predicted octanol–water partition coefficient (Wildman–Crippen LogP) is 3.45. The first-order valence-electron chi connectivity index (χ1n) is 5.87. The van der Waals surface area contributed by atoms with E-state index in [2.05, 4.69) is 15.3 Å². The summed E-state index contributed by atoms with van der Waals surface area (Å²) in [6.45, 7) is 1.79. The smallest absolute Gasteiger partial charge is 0.329 e. The average Bonchev–Trinajstić information content (AvgIpc) is 2.37. The van der Waals surface area contributed by atoms with Gasteiger partial charge in [0.25, 0.3) is 0 Å². The van der Waals surface area contributed by atoms with Crippen molar-refractivity contribution in [2.45, 2.75) is 13.0 Å². The van der Waals surface area contributed by atoms with Gasteiger partial charge in [-0.2, -0.15) is 4.98 Å². The Kier molecular flexibility index (Phi) is 4.44. The van der Waals surface area contributed by atoms with Crippen LogP contribution < -0.4 is 11.1 Å². The van der Waals surface area contributed by atoms with Crippen LogP contribution in [0.5, 0.6) is 0 Å². The van der Waals surface area contributed by atoms with Gasteiger partial charge in [-0.3, -0.25) is 10.1 Å². The summed E-state index contributed by atoms with van der Waals surface area (Å²) in [7, 11) is 0. The molecule has 0 bridgehead atoms. The fourth-order valence-electron chi connectivity index (χ4n) is 1.76. The first kappa shape index (κ1) is 15.3. The quantitative estimate of drug-likeness (QED) is 0.657. The zero-order valence-corrected chi connectivity index (χ0v) is 12.4. The molecular weight excluding hydrogens is 317 g/mol. The second kappa shape index (κ2) is 6.11. The van der Waals surface area contributed by atoms with E-state index in [0.29, 0.717) is 10.0 Å². The average molecular weight is 328 g/mol. The number of rotatable bonds is 4. The van der Waals surface area contributed by atoms with Crippen LogP contribution in [0.3, 0.4) is 0 Å². The Balaban J connectivity index is 2.33. The minimum Gasteiger partial charge on any atom is -0.368 e. The van der Waals surface area contributed by atoms with Crippen molar-refractivity contribution >= 4 is 40.7 Å². The second-order valence-electron chi connectivity index (χ2n) is 4.25. The molecular formula is C12H11Cl2N5O2. The van der Waals surface area contributed by atoms with Crippen LogP contribution >= 0.6 is 23.2 Å². The standard InChI is InChI=1S/C12H11Cl2N5O2/c1-6(8-3-2-7(13)4-9(8)14)17-11-10(19(20)21)5-16-12(15)18-11/h2-6H,1H3,(H3,15,16,17,18). The Morgan fingerprint density at radius 2 is 2.14 bits per heavy atom. The summed E-state index contributed by atoms with van der Waals surface area (Å²) in [6, 6.07) is 4.68. The third-order valence-corrected chi connectivity index (χ3v) is 3.33. The first-order chi connectivity index (χ1) is 9.88. The first-order valence-corrected chi connectivity index (χ1v) is 6.62. The fourth-order valence-corrected chi connectivity index (χ4v) is 2.34. The molecule has 7 nitrogen and oxygen atoms in total. The summed E-state index contributed by atoms with van der Waals surface area (Å²) in [5, 5.41) is 14.8. The van der Waals surface area contributed by atoms with Gasteiger partial charge in [0.2, 0.25) is 11.8 Å². The van der Waals surface area contributed by atoms with Gasteiger partial charge >= 0.3 is 5.69 Å². The lowest BCUT2D eigenvalue weighted by Gasteiger charge is -2.16. The van der Waals surface area contributed by atoms with Crippen molar-refractivity contribution in [3.63, 3.8) is 0 Å². The Bertz CT molecular complexity index is 695. The van der Waals surface area contributed by atoms with E-state index in [4.69, 9.17) is 28.9 Å². The molecule has 0 aliphatic heterocycles. The van der Waals surface area contributed by atoms with Gasteiger partial charge in [0.1, 0.15) is 6.20 Å². The molecule has 1 atom stereocenters. The molecule has 110 valence electrons. The molecule has 0 aliphatic carbocycles. The summed E-state index contributed by atoms with van der Waals surface area (Å²) >= 11 is 11.9. The molecule has 0 fully saturated rings. The largest absolute Gasteiger partial charge is 0.368 e. The van der Waals surface area contributed by atoms with E-state index < -0.39 is 4.92 Å². The SMILES string of the molecule is CC(Nc1nc(N)ncc1[N+](=O)[O-])c1ccc(Cl)cc1Cl. The van der Waals surface area contributed by atoms with Crippen molar-refractivity contribution in [3.8, 4) is 0 Å². The van der Waals surface area contributed by atoms with Crippen LogP contribution in [0.1, 0.15) is 18.5 Å². The van der Waals surface area contributed by atoms with E-state index in [0.717, 1.165) is 11.8 Å². The molecule has 1 heterocycles. The topological polar surface area (TPSA) is 107 Å². The maximum atomic E-state index is 11.0. The number of nitrogens with zero attached hydrogens (tertiary/aromatic N) is 3. The number of nitro groups is 1.